The number of carbonyl (C=O) groups excluding carboxylic acids is 3. The maximum absolute atomic E-state index is 12.7. The Kier molecular flexibility index (Phi) is 5.82. The standard InChI is InChI=1S/C21H20N2O6/c1-3-28-18-12-13(5-10-17(18)24)11-16-19(25)22-23(20(16)26)15-8-6-14(7-9-15)21(27)29-4-2/h5-12,24H,3-4H2,1-2H3,(H,22,25)/b16-11+. The second-order valence-corrected chi connectivity index (χ2v) is 6.07. The fourth-order valence-corrected chi connectivity index (χ4v) is 2.76. The molecule has 0 spiro atoms. The Hall–Kier alpha value is -3.81. The van der Waals surface area contributed by atoms with Crippen LogP contribution in [0.5, 0.6) is 11.5 Å². The third-order valence-electron chi connectivity index (χ3n) is 4.12. The average molecular weight is 396 g/mol. The van der Waals surface area contributed by atoms with Gasteiger partial charge in [0.25, 0.3) is 11.8 Å². The average Bonchev–Trinajstić information content (AvgIpc) is 2.99. The minimum atomic E-state index is -0.560. The molecule has 0 bridgehead atoms. The molecule has 0 saturated carbocycles. The van der Waals surface area contributed by atoms with E-state index in [1.54, 1.807) is 38.1 Å². The van der Waals surface area contributed by atoms with Gasteiger partial charge < -0.3 is 14.6 Å². The summed E-state index contributed by atoms with van der Waals surface area (Å²) in [5.41, 5.74) is 3.71. The molecule has 0 radical (unpaired) electrons. The van der Waals surface area contributed by atoms with E-state index in [2.05, 4.69) is 5.43 Å². The minimum absolute atomic E-state index is 0.0282. The fraction of sp³-hybridized carbons (Fsp3) is 0.190. The van der Waals surface area contributed by atoms with Gasteiger partial charge in [0.05, 0.1) is 24.5 Å². The SMILES string of the molecule is CCOC(=O)c1ccc(N2NC(=O)/C(=C\c3ccc(O)c(OCC)c3)C2=O)cc1. The molecule has 1 fully saturated rings. The Bertz CT molecular complexity index is 981. The number of ether oxygens (including phenoxy) is 2. The van der Waals surface area contributed by atoms with Crippen LogP contribution in [-0.4, -0.2) is 36.1 Å². The van der Waals surface area contributed by atoms with E-state index >= 15 is 0 Å². The zero-order chi connectivity index (χ0) is 21.0. The van der Waals surface area contributed by atoms with Crippen molar-refractivity contribution < 1.29 is 29.0 Å². The second-order valence-electron chi connectivity index (χ2n) is 6.07. The van der Waals surface area contributed by atoms with E-state index in [4.69, 9.17) is 9.47 Å². The van der Waals surface area contributed by atoms with Crippen molar-refractivity contribution in [2.75, 3.05) is 18.2 Å². The van der Waals surface area contributed by atoms with Crippen LogP contribution in [-0.2, 0) is 14.3 Å². The van der Waals surface area contributed by atoms with Gasteiger partial charge in [-0.3, -0.25) is 15.0 Å². The molecule has 0 aliphatic carbocycles. The van der Waals surface area contributed by atoms with Gasteiger partial charge in [-0.2, -0.15) is 0 Å². The van der Waals surface area contributed by atoms with Gasteiger partial charge in [0.1, 0.15) is 5.57 Å². The molecule has 1 heterocycles. The van der Waals surface area contributed by atoms with Crippen molar-refractivity contribution in [3.8, 4) is 11.5 Å². The van der Waals surface area contributed by atoms with Crippen molar-refractivity contribution in [2.45, 2.75) is 13.8 Å². The number of nitrogens with zero attached hydrogens (tertiary/aromatic N) is 1. The number of nitrogens with one attached hydrogen (secondary N) is 1. The maximum Gasteiger partial charge on any atom is 0.338 e. The first kappa shape index (κ1) is 19.9. The van der Waals surface area contributed by atoms with E-state index in [9.17, 15) is 19.5 Å². The van der Waals surface area contributed by atoms with E-state index in [-0.39, 0.29) is 23.7 Å². The van der Waals surface area contributed by atoms with Crippen molar-refractivity contribution >= 4 is 29.5 Å². The molecule has 1 aliphatic rings. The van der Waals surface area contributed by atoms with E-state index < -0.39 is 17.8 Å². The van der Waals surface area contributed by atoms with Crippen LogP contribution in [0, 0.1) is 0 Å². The molecule has 0 aromatic heterocycles. The van der Waals surface area contributed by atoms with Crippen LogP contribution in [0.1, 0.15) is 29.8 Å². The van der Waals surface area contributed by atoms with Gasteiger partial charge in [0, 0.05) is 0 Å². The third kappa shape index (κ3) is 4.21. The van der Waals surface area contributed by atoms with Crippen LogP contribution in [0.2, 0.25) is 0 Å². The van der Waals surface area contributed by atoms with Crippen molar-refractivity contribution in [2.24, 2.45) is 0 Å². The number of hydrogen-bond acceptors (Lipinski definition) is 6. The zero-order valence-electron chi connectivity index (χ0n) is 16.0. The Morgan fingerprint density at radius 2 is 1.83 bits per heavy atom. The van der Waals surface area contributed by atoms with Crippen LogP contribution in [0.3, 0.4) is 0 Å². The van der Waals surface area contributed by atoms with Gasteiger partial charge in [-0.05, 0) is 61.9 Å². The topological polar surface area (TPSA) is 105 Å². The normalized spacial score (nSPS) is 14.8. The number of phenolic OH excluding ortho intramolecular Hbond substituents is 1. The molecule has 2 amide bonds. The highest BCUT2D eigenvalue weighted by Gasteiger charge is 2.34. The lowest BCUT2D eigenvalue weighted by molar-refractivity contribution is -0.117. The highest BCUT2D eigenvalue weighted by molar-refractivity contribution is 6.31. The minimum Gasteiger partial charge on any atom is -0.504 e. The smallest absolute Gasteiger partial charge is 0.338 e. The second kappa shape index (κ2) is 8.47. The van der Waals surface area contributed by atoms with Gasteiger partial charge in [0.2, 0.25) is 0 Å². The molecule has 1 saturated heterocycles. The summed E-state index contributed by atoms with van der Waals surface area (Å²) in [6, 6.07) is 10.7. The summed E-state index contributed by atoms with van der Waals surface area (Å²) in [6.45, 7) is 4.12. The molecule has 2 N–H and O–H groups in total. The molecule has 29 heavy (non-hydrogen) atoms. The van der Waals surface area contributed by atoms with Gasteiger partial charge in [-0.15, -0.1) is 0 Å². The Morgan fingerprint density at radius 1 is 1.10 bits per heavy atom. The highest BCUT2D eigenvalue weighted by Crippen LogP contribution is 2.29. The largest absolute Gasteiger partial charge is 0.504 e. The number of phenols is 1. The Morgan fingerprint density at radius 3 is 2.48 bits per heavy atom. The van der Waals surface area contributed by atoms with E-state index in [1.165, 1.54) is 24.3 Å². The lowest BCUT2D eigenvalue weighted by atomic mass is 10.1. The molecule has 150 valence electrons. The predicted octanol–water partition coefficient (Wildman–Crippen LogP) is 2.43. The van der Waals surface area contributed by atoms with Crippen LogP contribution >= 0.6 is 0 Å². The summed E-state index contributed by atoms with van der Waals surface area (Å²) in [5.74, 6) is -1.33. The number of aromatic hydroxyl groups is 1. The first-order chi connectivity index (χ1) is 13.9. The Labute approximate surface area is 167 Å². The van der Waals surface area contributed by atoms with Gasteiger partial charge in [0.15, 0.2) is 11.5 Å². The Balaban J connectivity index is 1.83. The molecule has 1 aliphatic heterocycles. The number of esters is 1. The van der Waals surface area contributed by atoms with E-state index in [1.807, 2.05) is 0 Å². The van der Waals surface area contributed by atoms with Gasteiger partial charge in [-0.1, -0.05) is 6.07 Å². The highest BCUT2D eigenvalue weighted by atomic mass is 16.5. The predicted molar refractivity (Wildman–Crippen MR) is 105 cm³/mol. The van der Waals surface area contributed by atoms with Crippen molar-refractivity contribution in [3.63, 3.8) is 0 Å². The van der Waals surface area contributed by atoms with Gasteiger partial charge >= 0.3 is 5.97 Å². The summed E-state index contributed by atoms with van der Waals surface area (Å²) < 4.78 is 10.2. The third-order valence-corrected chi connectivity index (χ3v) is 4.12. The lowest BCUT2D eigenvalue weighted by Gasteiger charge is -2.14. The first-order valence-electron chi connectivity index (χ1n) is 9.04. The summed E-state index contributed by atoms with van der Waals surface area (Å²) in [7, 11) is 0. The van der Waals surface area contributed by atoms with E-state index in [0.29, 0.717) is 23.4 Å². The van der Waals surface area contributed by atoms with Crippen LogP contribution in [0.25, 0.3) is 6.08 Å². The summed E-state index contributed by atoms with van der Waals surface area (Å²) in [6.07, 6.45) is 1.42. The molecule has 0 atom stereocenters. The van der Waals surface area contributed by atoms with Crippen LogP contribution in [0.15, 0.2) is 48.0 Å². The van der Waals surface area contributed by atoms with Crippen molar-refractivity contribution in [3.05, 3.63) is 59.2 Å². The van der Waals surface area contributed by atoms with Gasteiger partial charge in [-0.25, -0.2) is 9.80 Å². The monoisotopic (exact) mass is 396 g/mol. The molecule has 2 aromatic rings. The summed E-state index contributed by atoms with van der Waals surface area (Å²) >= 11 is 0. The van der Waals surface area contributed by atoms with Crippen LogP contribution < -0.4 is 15.2 Å². The number of hydrogen-bond donors (Lipinski definition) is 2. The molecular formula is C21H20N2O6. The number of anilines is 1. The summed E-state index contributed by atoms with van der Waals surface area (Å²) in [4.78, 5) is 36.8. The maximum atomic E-state index is 12.7. The molecule has 3 rings (SSSR count). The lowest BCUT2D eigenvalue weighted by Crippen LogP contribution is -2.35. The molecule has 0 unspecified atom stereocenters. The molecule has 8 heteroatoms. The fourth-order valence-electron chi connectivity index (χ4n) is 2.76. The van der Waals surface area contributed by atoms with E-state index in [0.717, 1.165) is 5.01 Å². The number of rotatable bonds is 6. The summed E-state index contributed by atoms with van der Waals surface area (Å²) in [5, 5.41) is 10.9. The molecule has 8 nitrogen and oxygen atoms in total. The number of amides is 2. The molecular weight excluding hydrogens is 376 g/mol. The molecule has 2 aromatic carbocycles. The van der Waals surface area contributed by atoms with Crippen LogP contribution in [0.4, 0.5) is 5.69 Å². The van der Waals surface area contributed by atoms with Crippen molar-refractivity contribution in [1.82, 2.24) is 5.43 Å². The number of benzene rings is 2. The van der Waals surface area contributed by atoms with Crippen molar-refractivity contribution in [1.29, 1.82) is 0 Å². The number of hydrazine groups is 1. The first-order valence-corrected chi connectivity index (χ1v) is 9.04. The zero-order valence-corrected chi connectivity index (χ0v) is 16.0. The number of carbonyl (C=O) groups is 3. The quantitative estimate of drug-likeness (QED) is 0.441.